The van der Waals surface area contributed by atoms with Gasteiger partial charge in [-0.2, -0.15) is 10.4 Å². The zero-order valence-corrected chi connectivity index (χ0v) is 12.3. The molecule has 3 heteroatoms. The summed E-state index contributed by atoms with van der Waals surface area (Å²) in [4.78, 5) is 0. The van der Waals surface area contributed by atoms with Crippen molar-refractivity contribution in [3.8, 4) is 6.07 Å². The first-order valence-electron chi connectivity index (χ1n) is 7.64. The third kappa shape index (κ3) is 3.37. The predicted octanol–water partition coefficient (Wildman–Crippen LogP) is 4.01. The van der Waals surface area contributed by atoms with Crippen LogP contribution >= 0.6 is 0 Å². The molecule has 1 heterocycles. The minimum absolute atomic E-state index is 0.153. The second-order valence-electron chi connectivity index (χ2n) is 5.93. The molecule has 0 aliphatic heterocycles. The summed E-state index contributed by atoms with van der Waals surface area (Å²) in [6.45, 7) is 5.05. The van der Waals surface area contributed by atoms with E-state index in [1.165, 1.54) is 37.8 Å². The van der Waals surface area contributed by atoms with Crippen LogP contribution in [0.2, 0.25) is 0 Å². The van der Waals surface area contributed by atoms with E-state index < -0.39 is 0 Å². The Morgan fingerprint density at radius 2 is 1.89 bits per heavy atom. The third-order valence-electron chi connectivity index (χ3n) is 4.35. The van der Waals surface area contributed by atoms with Gasteiger partial charge in [-0.15, -0.1) is 0 Å². The molecule has 0 spiro atoms. The maximum atomic E-state index is 9.71. The smallest absolute Gasteiger partial charge is 0.0693 e. The number of aryl methyl sites for hydroxylation is 2. The van der Waals surface area contributed by atoms with Crippen LogP contribution in [0.3, 0.4) is 0 Å². The zero-order chi connectivity index (χ0) is 13.7. The van der Waals surface area contributed by atoms with Crippen molar-refractivity contribution in [2.24, 2.45) is 5.41 Å². The molecule has 1 aromatic heterocycles. The second kappa shape index (κ2) is 6.23. The molecule has 104 valence electrons. The zero-order valence-electron chi connectivity index (χ0n) is 12.3. The molecule has 1 aromatic rings. The van der Waals surface area contributed by atoms with Gasteiger partial charge in [-0.3, -0.25) is 4.68 Å². The summed E-state index contributed by atoms with van der Waals surface area (Å²) in [6, 6.07) is 4.81. The highest BCUT2D eigenvalue weighted by Gasteiger charge is 2.31. The molecule has 3 nitrogen and oxygen atoms in total. The quantitative estimate of drug-likeness (QED) is 0.823. The van der Waals surface area contributed by atoms with Gasteiger partial charge in [-0.1, -0.05) is 32.1 Å². The van der Waals surface area contributed by atoms with Crippen molar-refractivity contribution in [3.05, 3.63) is 17.5 Å². The van der Waals surface area contributed by atoms with Gasteiger partial charge in [0.2, 0.25) is 0 Å². The average molecular weight is 259 g/mol. The maximum Gasteiger partial charge on any atom is 0.0693 e. The van der Waals surface area contributed by atoms with Gasteiger partial charge in [0.15, 0.2) is 0 Å². The molecule has 0 amide bonds. The van der Waals surface area contributed by atoms with Crippen molar-refractivity contribution in [2.45, 2.75) is 71.8 Å². The molecule has 1 aliphatic rings. The highest BCUT2D eigenvalue weighted by Crippen LogP contribution is 2.36. The molecule has 0 radical (unpaired) electrons. The Bertz CT molecular complexity index is 445. The normalized spacial score (nSPS) is 19.4. The van der Waals surface area contributed by atoms with Crippen LogP contribution in [0.25, 0.3) is 0 Å². The minimum atomic E-state index is -0.153. The fraction of sp³-hybridized carbons (Fsp3) is 0.750. The van der Waals surface area contributed by atoms with Gasteiger partial charge >= 0.3 is 0 Å². The highest BCUT2D eigenvalue weighted by molar-refractivity contribution is 5.15. The lowest BCUT2D eigenvalue weighted by Crippen LogP contribution is -2.24. The monoisotopic (exact) mass is 259 g/mol. The van der Waals surface area contributed by atoms with Gasteiger partial charge in [-0.25, -0.2) is 0 Å². The van der Waals surface area contributed by atoms with E-state index in [-0.39, 0.29) is 5.41 Å². The van der Waals surface area contributed by atoms with E-state index in [0.29, 0.717) is 0 Å². The van der Waals surface area contributed by atoms with Crippen LogP contribution in [0.15, 0.2) is 6.07 Å². The van der Waals surface area contributed by atoms with Gasteiger partial charge < -0.3 is 0 Å². The number of aromatic nitrogens is 2. The Morgan fingerprint density at radius 3 is 2.47 bits per heavy atom. The van der Waals surface area contributed by atoms with Crippen molar-refractivity contribution in [3.63, 3.8) is 0 Å². The summed E-state index contributed by atoms with van der Waals surface area (Å²) in [5, 5.41) is 14.2. The van der Waals surface area contributed by atoms with E-state index in [2.05, 4.69) is 28.8 Å². The van der Waals surface area contributed by atoms with E-state index >= 15 is 0 Å². The number of nitrogens with zero attached hydrogens (tertiary/aromatic N) is 3. The molecule has 0 unspecified atom stereocenters. The Morgan fingerprint density at radius 1 is 1.26 bits per heavy atom. The summed E-state index contributed by atoms with van der Waals surface area (Å²) in [5.74, 6) is 0. The van der Waals surface area contributed by atoms with Crippen molar-refractivity contribution in [1.82, 2.24) is 9.78 Å². The minimum Gasteiger partial charge on any atom is -0.270 e. The fourth-order valence-electron chi connectivity index (χ4n) is 3.27. The molecule has 0 atom stereocenters. The van der Waals surface area contributed by atoms with Crippen LogP contribution in [0.4, 0.5) is 0 Å². The van der Waals surface area contributed by atoms with Gasteiger partial charge in [-0.05, 0) is 32.8 Å². The first-order chi connectivity index (χ1) is 9.19. The number of hydrogen-bond acceptors (Lipinski definition) is 2. The maximum absolute atomic E-state index is 9.71. The third-order valence-corrected chi connectivity index (χ3v) is 4.35. The van der Waals surface area contributed by atoms with Gasteiger partial charge in [0, 0.05) is 18.7 Å². The molecule has 19 heavy (non-hydrogen) atoms. The second-order valence-corrected chi connectivity index (χ2v) is 5.93. The molecule has 0 N–H and O–H groups in total. The van der Waals surface area contributed by atoms with Crippen LogP contribution in [0.5, 0.6) is 0 Å². The van der Waals surface area contributed by atoms with Crippen molar-refractivity contribution >= 4 is 0 Å². The highest BCUT2D eigenvalue weighted by atomic mass is 15.3. The lowest BCUT2D eigenvalue weighted by atomic mass is 9.74. The molecule has 2 rings (SSSR count). The standard InChI is InChI=1S/C16H25N3/c1-3-19-15(11-14(2)18-19)12-16(13-17)9-7-5-4-6-8-10-16/h11H,3-10,12H2,1-2H3. The lowest BCUT2D eigenvalue weighted by molar-refractivity contribution is 0.281. The Balaban J connectivity index is 2.18. The topological polar surface area (TPSA) is 41.6 Å². The summed E-state index contributed by atoms with van der Waals surface area (Å²) in [6.07, 6.45) is 9.30. The predicted molar refractivity (Wildman–Crippen MR) is 76.7 cm³/mol. The molecule has 1 fully saturated rings. The molecular weight excluding hydrogens is 234 g/mol. The van der Waals surface area contributed by atoms with E-state index in [1.807, 2.05) is 6.92 Å². The number of rotatable bonds is 3. The molecule has 1 aliphatic carbocycles. The van der Waals surface area contributed by atoms with Crippen LogP contribution < -0.4 is 0 Å². The first kappa shape index (κ1) is 14.1. The van der Waals surface area contributed by atoms with E-state index in [1.54, 1.807) is 0 Å². The molecule has 0 bridgehead atoms. The fourth-order valence-corrected chi connectivity index (χ4v) is 3.27. The largest absolute Gasteiger partial charge is 0.270 e. The van der Waals surface area contributed by atoms with Crippen molar-refractivity contribution in [2.75, 3.05) is 0 Å². The summed E-state index contributed by atoms with van der Waals surface area (Å²) in [7, 11) is 0. The van der Waals surface area contributed by atoms with E-state index in [4.69, 9.17) is 0 Å². The van der Waals surface area contributed by atoms with Gasteiger partial charge in [0.1, 0.15) is 0 Å². The first-order valence-corrected chi connectivity index (χ1v) is 7.64. The number of hydrogen-bond donors (Lipinski definition) is 0. The SMILES string of the molecule is CCn1nc(C)cc1CC1(C#N)CCCCCCC1. The van der Waals surface area contributed by atoms with Gasteiger partial charge in [0.25, 0.3) is 0 Å². The summed E-state index contributed by atoms with van der Waals surface area (Å²) >= 11 is 0. The molecule has 0 saturated heterocycles. The average Bonchev–Trinajstić information content (AvgIpc) is 2.73. The van der Waals surface area contributed by atoms with Crippen molar-refractivity contribution in [1.29, 1.82) is 5.26 Å². The molecule has 1 saturated carbocycles. The van der Waals surface area contributed by atoms with Gasteiger partial charge in [0.05, 0.1) is 17.2 Å². The Hall–Kier alpha value is -1.30. The Kier molecular flexibility index (Phi) is 4.63. The van der Waals surface area contributed by atoms with Crippen LogP contribution in [-0.2, 0) is 13.0 Å². The van der Waals surface area contributed by atoms with E-state index in [9.17, 15) is 5.26 Å². The lowest BCUT2D eigenvalue weighted by Gasteiger charge is -2.28. The summed E-state index contributed by atoms with van der Waals surface area (Å²) in [5.41, 5.74) is 2.15. The van der Waals surface area contributed by atoms with Crippen LogP contribution in [0.1, 0.15) is 63.3 Å². The Labute approximate surface area is 116 Å². The number of nitriles is 1. The summed E-state index contributed by atoms with van der Waals surface area (Å²) < 4.78 is 2.06. The molecular formula is C16H25N3. The molecule has 0 aromatic carbocycles. The van der Waals surface area contributed by atoms with Crippen LogP contribution in [-0.4, -0.2) is 9.78 Å². The van der Waals surface area contributed by atoms with E-state index in [0.717, 1.165) is 31.5 Å². The van der Waals surface area contributed by atoms with Crippen molar-refractivity contribution < 1.29 is 0 Å². The van der Waals surface area contributed by atoms with Crippen LogP contribution in [0, 0.1) is 23.7 Å².